The summed E-state index contributed by atoms with van der Waals surface area (Å²) in [4.78, 5) is 0. The molecule has 13 heteroatoms. The predicted octanol–water partition coefficient (Wildman–Crippen LogP) is 2.58. The van der Waals surface area contributed by atoms with E-state index in [0.29, 0.717) is 0 Å². The number of halogens is 10. The Kier molecular flexibility index (Phi) is 5.20. The van der Waals surface area contributed by atoms with E-state index in [-0.39, 0.29) is 0 Å². The van der Waals surface area contributed by atoms with Crippen molar-refractivity contribution in [3.63, 3.8) is 0 Å². The Bertz CT molecular complexity index is 383. The maximum Gasteiger partial charge on any atom is 0.409 e. The van der Waals surface area contributed by atoms with Gasteiger partial charge in [-0.1, -0.05) is 0 Å². The zero-order valence-electron chi connectivity index (χ0n) is 11.1. The molecule has 4 N–H and O–H groups in total. The van der Waals surface area contributed by atoms with Crippen molar-refractivity contribution in [1.82, 2.24) is 0 Å². The molecule has 1 rings (SSSR count). The lowest BCUT2D eigenvalue weighted by Gasteiger charge is -2.32. The van der Waals surface area contributed by atoms with E-state index in [1.165, 1.54) is 0 Å². The van der Waals surface area contributed by atoms with E-state index in [1.807, 2.05) is 0 Å². The normalized spacial score (nSPS) is 27.1. The predicted molar refractivity (Wildman–Crippen MR) is 55.8 cm³/mol. The summed E-state index contributed by atoms with van der Waals surface area (Å²) in [5.74, 6) is -9.57. The second-order valence-corrected chi connectivity index (χ2v) is 5.08. The highest BCUT2D eigenvalue weighted by atomic mass is 19.4. The number of rotatable bonds is 4. The van der Waals surface area contributed by atoms with Crippen molar-refractivity contribution in [1.29, 1.82) is 0 Å². The average Bonchev–Trinajstić information content (AvgIpc) is 2.85. The molecule has 1 saturated heterocycles. The Morgan fingerprint density at radius 2 is 0.913 bits per heavy atom. The fourth-order valence-electron chi connectivity index (χ4n) is 2.04. The van der Waals surface area contributed by atoms with Crippen LogP contribution in [0.2, 0.25) is 0 Å². The van der Waals surface area contributed by atoms with Gasteiger partial charge in [-0.05, 0) is 12.8 Å². The van der Waals surface area contributed by atoms with Gasteiger partial charge in [0, 0.05) is 0 Å². The van der Waals surface area contributed by atoms with E-state index in [2.05, 4.69) is 16.2 Å². The van der Waals surface area contributed by atoms with Gasteiger partial charge in [0.25, 0.3) is 11.8 Å². The molecule has 1 aliphatic rings. The molecule has 4 atom stereocenters. The minimum atomic E-state index is -5.55. The Morgan fingerprint density at radius 1 is 0.652 bits per heavy atom. The topological polar surface area (TPSA) is 61.3 Å². The van der Waals surface area contributed by atoms with Gasteiger partial charge in [-0.2, -0.15) is 26.3 Å². The number of alkyl halides is 10. The molecule has 0 amide bonds. The number of hydrogen-bond donors (Lipinski definition) is 2. The van der Waals surface area contributed by atoms with Crippen molar-refractivity contribution in [2.75, 3.05) is 0 Å². The summed E-state index contributed by atoms with van der Waals surface area (Å²) in [5, 5.41) is 0. The van der Waals surface area contributed by atoms with Crippen LogP contribution < -0.4 is 11.5 Å². The van der Waals surface area contributed by atoms with E-state index in [9.17, 15) is 43.9 Å². The largest absolute Gasteiger partial charge is 0.409 e. The Labute approximate surface area is 122 Å². The number of ether oxygens (including phenoxy) is 1. The van der Waals surface area contributed by atoms with Crippen LogP contribution in [0.5, 0.6) is 0 Å². The van der Waals surface area contributed by atoms with Crippen LogP contribution >= 0.6 is 0 Å². The van der Waals surface area contributed by atoms with Crippen molar-refractivity contribution >= 4 is 0 Å². The van der Waals surface area contributed by atoms with Crippen LogP contribution in [-0.4, -0.2) is 48.5 Å². The maximum atomic E-state index is 13.5. The third-order valence-corrected chi connectivity index (χ3v) is 3.41. The summed E-state index contributed by atoms with van der Waals surface area (Å²) in [7, 11) is 0. The molecule has 1 heterocycles. The minimum absolute atomic E-state index is 1.03. The Morgan fingerprint density at radius 3 is 1.13 bits per heavy atom. The van der Waals surface area contributed by atoms with Gasteiger partial charge < -0.3 is 16.2 Å². The zero-order valence-corrected chi connectivity index (χ0v) is 11.1. The van der Waals surface area contributed by atoms with Crippen molar-refractivity contribution in [3.05, 3.63) is 0 Å². The monoisotopic (exact) mass is 366 g/mol. The van der Waals surface area contributed by atoms with E-state index in [1.54, 1.807) is 0 Å². The van der Waals surface area contributed by atoms with Crippen molar-refractivity contribution in [3.8, 4) is 0 Å². The summed E-state index contributed by atoms with van der Waals surface area (Å²) in [6.07, 6.45) is -18.5. The number of nitrogens with two attached hydrogens (primary N) is 2. The summed E-state index contributed by atoms with van der Waals surface area (Å²) in [6, 6.07) is -7.41. The standard InChI is InChI=1S/C10H12F10N2O/c11-7(12,5(21)9(15,16)17)3-1-2-4(23-3)8(13,14)6(22)10(18,19)20/h3-6H,1-2,21-22H2. The molecule has 4 unspecified atom stereocenters. The van der Waals surface area contributed by atoms with Crippen LogP contribution in [0, 0.1) is 0 Å². The van der Waals surface area contributed by atoms with Crippen LogP contribution in [0.25, 0.3) is 0 Å². The molecule has 0 aromatic heterocycles. The molecular formula is C10H12F10N2O. The molecule has 138 valence electrons. The molecule has 0 spiro atoms. The third-order valence-electron chi connectivity index (χ3n) is 3.41. The van der Waals surface area contributed by atoms with Crippen LogP contribution in [0.15, 0.2) is 0 Å². The van der Waals surface area contributed by atoms with Crippen LogP contribution in [0.1, 0.15) is 12.8 Å². The van der Waals surface area contributed by atoms with Crippen molar-refractivity contribution in [2.45, 2.75) is 61.3 Å². The molecule has 0 aliphatic carbocycles. The maximum absolute atomic E-state index is 13.5. The molecule has 23 heavy (non-hydrogen) atoms. The first-order valence-electron chi connectivity index (χ1n) is 6.08. The lowest BCUT2D eigenvalue weighted by molar-refractivity contribution is -0.261. The van der Waals surface area contributed by atoms with Gasteiger partial charge in [-0.15, -0.1) is 0 Å². The second-order valence-electron chi connectivity index (χ2n) is 5.08. The fraction of sp³-hybridized carbons (Fsp3) is 1.00. The highest BCUT2D eigenvalue weighted by Gasteiger charge is 2.64. The molecule has 3 nitrogen and oxygen atoms in total. The van der Waals surface area contributed by atoms with Gasteiger partial charge in [0.2, 0.25) is 0 Å². The quantitative estimate of drug-likeness (QED) is 0.752. The highest BCUT2D eigenvalue weighted by Crippen LogP contribution is 2.44. The second kappa shape index (κ2) is 5.92. The molecule has 1 aliphatic heterocycles. The van der Waals surface area contributed by atoms with E-state index in [0.717, 1.165) is 0 Å². The molecule has 0 aromatic carbocycles. The van der Waals surface area contributed by atoms with Crippen LogP contribution in [0.4, 0.5) is 43.9 Å². The Hall–Kier alpha value is -0.820. The summed E-state index contributed by atoms with van der Waals surface area (Å²) < 4.78 is 132. The zero-order chi connectivity index (χ0) is 18.4. The first kappa shape index (κ1) is 20.2. The van der Waals surface area contributed by atoms with Crippen LogP contribution in [-0.2, 0) is 4.74 Å². The van der Waals surface area contributed by atoms with E-state index < -0.39 is 61.3 Å². The lowest BCUT2D eigenvalue weighted by Crippen LogP contribution is -2.59. The molecule has 0 radical (unpaired) electrons. The first-order chi connectivity index (χ1) is 10.0. The number of hydrogen-bond acceptors (Lipinski definition) is 3. The molecule has 0 bridgehead atoms. The summed E-state index contributed by atoms with van der Waals surface area (Å²) >= 11 is 0. The van der Waals surface area contributed by atoms with Gasteiger partial charge in [0.15, 0.2) is 12.1 Å². The van der Waals surface area contributed by atoms with Gasteiger partial charge in [-0.3, -0.25) is 0 Å². The third kappa shape index (κ3) is 3.99. The fourth-order valence-corrected chi connectivity index (χ4v) is 2.04. The first-order valence-corrected chi connectivity index (χ1v) is 6.08. The van der Waals surface area contributed by atoms with Crippen LogP contribution in [0.3, 0.4) is 0 Å². The minimum Gasteiger partial charge on any atom is -0.362 e. The van der Waals surface area contributed by atoms with Gasteiger partial charge >= 0.3 is 12.4 Å². The SMILES string of the molecule is NC(C(F)(F)F)C(F)(F)C1CCC(C(F)(F)C(N)C(F)(F)F)O1. The lowest BCUT2D eigenvalue weighted by atomic mass is 9.99. The van der Waals surface area contributed by atoms with Gasteiger partial charge in [0.05, 0.1) is 0 Å². The smallest absolute Gasteiger partial charge is 0.362 e. The van der Waals surface area contributed by atoms with Gasteiger partial charge in [0.1, 0.15) is 12.2 Å². The molecule has 0 aromatic rings. The average molecular weight is 366 g/mol. The molecule has 0 saturated carbocycles. The van der Waals surface area contributed by atoms with Crippen molar-refractivity contribution in [2.24, 2.45) is 11.5 Å². The highest BCUT2D eigenvalue weighted by molar-refractivity contribution is 5.00. The Balaban J connectivity index is 2.90. The molecular weight excluding hydrogens is 354 g/mol. The van der Waals surface area contributed by atoms with E-state index in [4.69, 9.17) is 0 Å². The van der Waals surface area contributed by atoms with Gasteiger partial charge in [-0.25, -0.2) is 17.6 Å². The summed E-state index contributed by atoms with van der Waals surface area (Å²) in [6.45, 7) is 0. The van der Waals surface area contributed by atoms with E-state index >= 15 is 0 Å². The molecule has 1 fully saturated rings. The summed E-state index contributed by atoms with van der Waals surface area (Å²) in [5.41, 5.74) is 8.69. The van der Waals surface area contributed by atoms with Crippen molar-refractivity contribution < 1.29 is 48.6 Å².